The molecule has 0 fully saturated rings. The zero-order valence-corrected chi connectivity index (χ0v) is 18.8. The molecule has 33 heavy (non-hydrogen) atoms. The summed E-state index contributed by atoms with van der Waals surface area (Å²) in [5.74, 6) is -0.625. The highest BCUT2D eigenvalue weighted by molar-refractivity contribution is 6.39. The van der Waals surface area contributed by atoms with Crippen molar-refractivity contribution in [3.63, 3.8) is 0 Å². The van der Waals surface area contributed by atoms with E-state index in [-0.39, 0.29) is 6.04 Å². The summed E-state index contributed by atoms with van der Waals surface area (Å²) in [6.45, 7) is 3.88. The number of aromatic nitrogens is 2. The number of nitrogens with zero attached hydrogens (tertiary/aromatic N) is 2. The Kier molecular flexibility index (Phi) is 6.40. The molecule has 2 aromatic heterocycles. The van der Waals surface area contributed by atoms with E-state index in [4.69, 9.17) is 4.74 Å². The monoisotopic (exact) mass is 442 g/mol. The van der Waals surface area contributed by atoms with Crippen LogP contribution in [0.25, 0.3) is 16.9 Å². The Bertz CT molecular complexity index is 1290. The first-order chi connectivity index (χ1) is 15.9. The molecule has 0 bridgehead atoms. The molecule has 4 rings (SSSR count). The fraction of sp³-hybridized carbons (Fsp3) is 0.192. The van der Waals surface area contributed by atoms with Crippen LogP contribution in [-0.4, -0.2) is 34.4 Å². The maximum atomic E-state index is 12.4. The van der Waals surface area contributed by atoms with Crippen LogP contribution < -0.4 is 15.4 Å². The molecule has 2 N–H and O–H groups in total. The lowest BCUT2D eigenvalue weighted by atomic mass is 10.1. The molecule has 0 aliphatic carbocycles. The molecule has 1 unspecified atom stereocenters. The van der Waals surface area contributed by atoms with Gasteiger partial charge in [0.15, 0.2) is 0 Å². The number of carbonyl (C=O) groups excluding carboxylic acids is 2. The van der Waals surface area contributed by atoms with Gasteiger partial charge in [0, 0.05) is 29.7 Å². The number of methoxy groups -OCH3 is 1. The number of fused-ring (bicyclic) bond motifs is 1. The minimum Gasteiger partial charge on any atom is -0.497 e. The summed E-state index contributed by atoms with van der Waals surface area (Å²) in [7, 11) is 1.61. The molecule has 0 spiro atoms. The van der Waals surface area contributed by atoms with E-state index in [1.54, 1.807) is 19.2 Å². The first-order valence-electron chi connectivity index (χ1n) is 10.7. The molecule has 7 nitrogen and oxygen atoms in total. The van der Waals surface area contributed by atoms with Crippen LogP contribution in [0.15, 0.2) is 73.1 Å². The van der Waals surface area contributed by atoms with Crippen molar-refractivity contribution in [2.45, 2.75) is 26.3 Å². The van der Waals surface area contributed by atoms with Gasteiger partial charge in [-0.15, -0.1) is 0 Å². The molecule has 2 heterocycles. The van der Waals surface area contributed by atoms with E-state index in [0.29, 0.717) is 12.1 Å². The second kappa shape index (κ2) is 9.56. The van der Waals surface area contributed by atoms with Crippen molar-refractivity contribution in [2.24, 2.45) is 0 Å². The lowest BCUT2D eigenvalue weighted by Gasteiger charge is -2.14. The average molecular weight is 443 g/mol. The molecular weight excluding hydrogens is 416 g/mol. The third-order valence-corrected chi connectivity index (χ3v) is 5.38. The molecule has 2 aromatic carbocycles. The standard InChI is InChI=1S/C26H26N4O3/c1-17-6-5-13-30-16-23(29-24(17)30)20-9-11-21(12-10-20)28-26(32)25(31)27-18(2)14-19-7-4-8-22(15-19)33-3/h4-13,15-16,18H,14H2,1-3H3,(H,27,31)(H,28,32). The van der Waals surface area contributed by atoms with E-state index in [1.807, 2.05) is 79.2 Å². The lowest BCUT2D eigenvalue weighted by Crippen LogP contribution is -2.41. The molecule has 1 atom stereocenters. The molecule has 0 aliphatic heterocycles. The molecule has 0 saturated carbocycles. The van der Waals surface area contributed by atoms with Crippen molar-refractivity contribution in [3.8, 4) is 17.0 Å². The van der Waals surface area contributed by atoms with Crippen LogP contribution in [0.4, 0.5) is 5.69 Å². The predicted octanol–water partition coefficient (Wildman–Crippen LogP) is 4.00. The Labute approximate surface area is 192 Å². The molecular formula is C26H26N4O3. The second-order valence-electron chi connectivity index (χ2n) is 8.01. The van der Waals surface area contributed by atoms with Crippen molar-refractivity contribution in [1.82, 2.24) is 14.7 Å². The number of rotatable bonds is 6. The van der Waals surface area contributed by atoms with Gasteiger partial charge in [-0.1, -0.05) is 30.3 Å². The van der Waals surface area contributed by atoms with Gasteiger partial charge in [-0.2, -0.15) is 0 Å². The van der Waals surface area contributed by atoms with Gasteiger partial charge in [0.25, 0.3) is 0 Å². The van der Waals surface area contributed by atoms with E-state index in [0.717, 1.165) is 33.8 Å². The first kappa shape index (κ1) is 22.1. The topological polar surface area (TPSA) is 84.7 Å². The fourth-order valence-electron chi connectivity index (χ4n) is 3.70. The van der Waals surface area contributed by atoms with Gasteiger partial charge in [0.2, 0.25) is 0 Å². The molecule has 0 aliphatic rings. The van der Waals surface area contributed by atoms with Crippen LogP contribution in [0.1, 0.15) is 18.1 Å². The van der Waals surface area contributed by atoms with Gasteiger partial charge in [-0.3, -0.25) is 9.59 Å². The number of carbonyl (C=O) groups is 2. The van der Waals surface area contributed by atoms with Gasteiger partial charge in [0.05, 0.1) is 12.8 Å². The number of hydrogen-bond donors (Lipinski definition) is 2. The van der Waals surface area contributed by atoms with Crippen LogP contribution in [0.5, 0.6) is 5.75 Å². The summed E-state index contributed by atoms with van der Waals surface area (Å²) < 4.78 is 7.21. The third kappa shape index (κ3) is 5.20. The van der Waals surface area contributed by atoms with Crippen molar-refractivity contribution in [3.05, 3.63) is 84.2 Å². The quantitative estimate of drug-likeness (QED) is 0.442. The Morgan fingerprint density at radius 1 is 1.06 bits per heavy atom. The number of anilines is 1. The minimum absolute atomic E-state index is 0.212. The smallest absolute Gasteiger partial charge is 0.313 e. The number of aryl methyl sites for hydroxylation is 1. The third-order valence-electron chi connectivity index (χ3n) is 5.38. The fourth-order valence-corrected chi connectivity index (χ4v) is 3.70. The summed E-state index contributed by atoms with van der Waals surface area (Å²) in [4.78, 5) is 29.4. The highest BCUT2D eigenvalue weighted by Crippen LogP contribution is 2.22. The van der Waals surface area contributed by atoms with Gasteiger partial charge in [0.1, 0.15) is 11.4 Å². The first-order valence-corrected chi connectivity index (χ1v) is 10.7. The summed E-state index contributed by atoms with van der Waals surface area (Å²) in [5.41, 5.74) is 5.32. The van der Waals surface area contributed by atoms with E-state index >= 15 is 0 Å². The van der Waals surface area contributed by atoms with E-state index in [2.05, 4.69) is 15.6 Å². The summed E-state index contributed by atoms with van der Waals surface area (Å²) in [6, 6.07) is 18.7. The average Bonchev–Trinajstić information content (AvgIpc) is 3.25. The van der Waals surface area contributed by atoms with Gasteiger partial charge < -0.3 is 19.8 Å². The van der Waals surface area contributed by atoms with E-state index in [9.17, 15) is 9.59 Å². The number of amides is 2. The maximum Gasteiger partial charge on any atom is 0.313 e. The Morgan fingerprint density at radius 3 is 2.58 bits per heavy atom. The molecule has 7 heteroatoms. The summed E-state index contributed by atoms with van der Waals surface area (Å²) in [5, 5.41) is 5.39. The number of benzene rings is 2. The van der Waals surface area contributed by atoms with Crippen LogP contribution in [0.2, 0.25) is 0 Å². The Hall–Kier alpha value is -4.13. The molecule has 0 radical (unpaired) electrons. The number of pyridine rings is 1. The summed E-state index contributed by atoms with van der Waals surface area (Å²) >= 11 is 0. The second-order valence-corrected chi connectivity index (χ2v) is 8.01. The van der Waals surface area contributed by atoms with Crippen LogP contribution in [0.3, 0.4) is 0 Å². The molecule has 2 amide bonds. The van der Waals surface area contributed by atoms with Crippen LogP contribution in [-0.2, 0) is 16.0 Å². The number of hydrogen-bond acceptors (Lipinski definition) is 4. The van der Waals surface area contributed by atoms with Gasteiger partial charge in [-0.05, 0) is 61.7 Å². The lowest BCUT2D eigenvalue weighted by molar-refractivity contribution is -0.136. The van der Waals surface area contributed by atoms with Crippen LogP contribution in [0, 0.1) is 6.92 Å². The van der Waals surface area contributed by atoms with Crippen molar-refractivity contribution >= 4 is 23.1 Å². The SMILES string of the molecule is COc1cccc(CC(C)NC(=O)C(=O)Nc2ccc(-c3cn4cccc(C)c4n3)cc2)c1. The van der Waals surface area contributed by atoms with Crippen molar-refractivity contribution in [1.29, 1.82) is 0 Å². The molecule has 4 aromatic rings. The minimum atomic E-state index is -0.705. The zero-order valence-electron chi connectivity index (χ0n) is 18.8. The molecule has 0 saturated heterocycles. The highest BCUT2D eigenvalue weighted by Gasteiger charge is 2.17. The summed E-state index contributed by atoms with van der Waals surface area (Å²) in [6.07, 6.45) is 4.51. The van der Waals surface area contributed by atoms with E-state index in [1.165, 1.54) is 0 Å². The molecule has 168 valence electrons. The highest BCUT2D eigenvalue weighted by atomic mass is 16.5. The maximum absolute atomic E-state index is 12.4. The van der Waals surface area contributed by atoms with E-state index < -0.39 is 11.8 Å². The van der Waals surface area contributed by atoms with Gasteiger partial charge >= 0.3 is 11.8 Å². The van der Waals surface area contributed by atoms with Gasteiger partial charge in [-0.25, -0.2) is 4.98 Å². The van der Waals surface area contributed by atoms with Crippen molar-refractivity contribution < 1.29 is 14.3 Å². The van der Waals surface area contributed by atoms with Crippen LogP contribution >= 0.6 is 0 Å². The normalized spacial score (nSPS) is 11.7. The zero-order chi connectivity index (χ0) is 23.4. The largest absolute Gasteiger partial charge is 0.497 e. The Morgan fingerprint density at radius 2 is 1.85 bits per heavy atom. The number of ether oxygens (including phenoxy) is 1. The number of nitrogens with one attached hydrogen (secondary N) is 2. The van der Waals surface area contributed by atoms with Crippen molar-refractivity contribution in [2.75, 3.05) is 12.4 Å². The number of imidazole rings is 1. The predicted molar refractivity (Wildman–Crippen MR) is 128 cm³/mol. The Balaban J connectivity index is 1.35.